The smallest absolute Gasteiger partial charge is 0.256 e. The average molecular weight is 498 g/mol. The van der Waals surface area contributed by atoms with Crippen molar-refractivity contribution < 1.29 is 9.59 Å². The normalized spacial score (nSPS) is 10.5. The van der Waals surface area contributed by atoms with Crippen molar-refractivity contribution in [2.75, 3.05) is 11.1 Å². The molecule has 0 bridgehead atoms. The molecule has 5 rings (SSSR count). The number of nitrogens with one attached hydrogen (secondary N) is 2. The van der Waals surface area contributed by atoms with Gasteiger partial charge in [-0.05, 0) is 52.1 Å². The summed E-state index contributed by atoms with van der Waals surface area (Å²) < 4.78 is 0. The zero-order valence-electron chi connectivity index (χ0n) is 20.7. The van der Waals surface area contributed by atoms with Crippen LogP contribution in [0.4, 0.5) is 11.4 Å². The van der Waals surface area contributed by atoms with Gasteiger partial charge in [0.2, 0.25) is 0 Å². The van der Waals surface area contributed by atoms with E-state index in [4.69, 9.17) is 5.73 Å². The Bertz CT molecular complexity index is 1560. The highest BCUT2D eigenvalue weighted by Gasteiger charge is 2.14. The van der Waals surface area contributed by atoms with Crippen LogP contribution in [0.1, 0.15) is 26.3 Å². The molecule has 5 nitrogen and oxygen atoms in total. The molecule has 0 aliphatic heterocycles. The summed E-state index contributed by atoms with van der Waals surface area (Å²) in [6.45, 7) is 0.370. The summed E-state index contributed by atoms with van der Waals surface area (Å²) in [6, 6.07) is 40.2. The lowest BCUT2D eigenvalue weighted by Crippen LogP contribution is -2.23. The summed E-state index contributed by atoms with van der Waals surface area (Å²) in [5, 5.41) is 5.84. The first-order valence-corrected chi connectivity index (χ1v) is 12.4. The van der Waals surface area contributed by atoms with Crippen LogP contribution in [0, 0.1) is 0 Å². The summed E-state index contributed by atoms with van der Waals surface area (Å²) in [5.41, 5.74) is 12.8. The molecule has 4 N–H and O–H groups in total. The van der Waals surface area contributed by atoms with E-state index in [1.165, 1.54) is 0 Å². The predicted molar refractivity (Wildman–Crippen MR) is 154 cm³/mol. The molecule has 0 radical (unpaired) electrons. The zero-order valence-corrected chi connectivity index (χ0v) is 20.7. The van der Waals surface area contributed by atoms with Crippen molar-refractivity contribution in [3.63, 3.8) is 0 Å². The van der Waals surface area contributed by atoms with Crippen LogP contribution in [-0.4, -0.2) is 11.8 Å². The number of hydrogen-bond donors (Lipinski definition) is 3. The van der Waals surface area contributed by atoms with Gasteiger partial charge in [-0.25, -0.2) is 0 Å². The molecule has 0 heterocycles. The first-order chi connectivity index (χ1) is 18.6. The number of anilines is 2. The van der Waals surface area contributed by atoms with Gasteiger partial charge in [-0.2, -0.15) is 0 Å². The van der Waals surface area contributed by atoms with E-state index < -0.39 is 0 Å². The number of nitrogen functional groups attached to an aromatic ring is 1. The van der Waals surface area contributed by atoms with Gasteiger partial charge in [-0.3, -0.25) is 9.59 Å². The highest BCUT2D eigenvalue weighted by Crippen LogP contribution is 2.25. The number of carbonyl (C=O) groups is 2. The molecule has 0 fully saturated rings. The number of benzene rings is 5. The molecule has 38 heavy (non-hydrogen) atoms. The lowest BCUT2D eigenvalue weighted by Gasteiger charge is -2.12. The van der Waals surface area contributed by atoms with Crippen molar-refractivity contribution in [2.45, 2.75) is 6.54 Å². The van der Waals surface area contributed by atoms with E-state index in [9.17, 15) is 9.59 Å². The highest BCUT2D eigenvalue weighted by molar-refractivity contribution is 6.09. The maximum absolute atomic E-state index is 13.2. The molecule has 0 aliphatic rings. The van der Waals surface area contributed by atoms with E-state index in [1.54, 1.807) is 24.3 Å². The number of carbonyl (C=O) groups excluding carboxylic acids is 2. The summed E-state index contributed by atoms with van der Waals surface area (Å²) in [5.74, 6) is -0.551. The molecule has 0 spiro atoms. The number of hydrogen-bond acceptors (Lipinski definition) is 3. The molecule has 0 saturated heterocycles. The molecule has 5 aromatic carbocycles. The van der Waals surface area contributed by atoms with Gasteiger partial charge in [0, 0.05) is 29.0 Å². The van der Waals surface area contributed by atoms with Crippen LogP contribution in [0.3, 0.4) is 0 Å². The van der Waals surface area contributed by atoms with E-state index in [0.29, 0.717) is 29.0 Å². The van der Waals surface area contributed by atoms with Crippen LogP contribution in [0.2, 0.25) is 0 Å². The molecular weight excluding hydrogens is 470 g/mol. The molecule has 5 heteroatoms. The van der Waals surface area contributed by atoms with Crippen molar-refractivity contribution in [3.05, 3.63) is 144 Å². The summed E-state index contributed by atoms with van der Waals surface area (Å²) in [6.07, 6.45) is 0. The third-order valence-corrected chi connectivity index (χ3v) is 6.25. The maximum Gasteiger partial charge on any atom is 0.256 e. The highest BCUT2D eigenvalue weighted by atomic mass is 16.2. The van der Waals surface area contributed by atoms with Crippen molar-refractivity contribution in [3.8, 4) is 22.3 Å². The van der Waals surface area contributed by atoms with Crippen LogP contribution in [0.5, 0.6) is 0 Å². The topological polar surface area (TPSA) is 84.2 Å². The van der Waals surface area contributed by atoms with Gasteiger partial charge in [-0.1, -0.05) is 103 Å². The molecule has 0 atom stereocenters. The minimum Gasteiger partial charge on any atom is -0.399 e. The number of nitrogens with two attached hydrogens (primary N) is 1. The van der Waals surface area contributed by atoms with E-state index in [1.807, 2.05) is 91.0 Å². The fourth-order valence-electron chi connectivity index (χ4n) is 4.33. The van der Waals surface area contributed by atoms with Crippen molar-refractivity contribution in [1.29, 1.82) is 0 Å². The Balaban J connectivity index is 1.27. The molecule has 0 aromatic heterocycles. The second-order valence-corrected chi connectivity index (χ2v) is 8.96. The SMILES string of the molecule is Nc1cc(NC(=O)c2ccccc2-c2ccccc2)cc(C(=O)NCc2ccc(-c3ccccc3)cc2)c1. The third-order valence-electron chi connectivity index (χ3n) is 6.25. The van der Waals surface area contributed by atoms with Crippen LogP contribution in [0.25, 0.3) is 22.3 Å². The minimum atomic E-state index is -0.278. The lowest BCUT2D eigenvalue weighted by atomic mass is 9.99. The monoisotopic (exact) mass is 497 g/mol. The molecule has 0 aliphatic carbocycles. The largest absolute Gasteiger partial charge is 0.399 e. The molecule has 5 aromatic rings. The Morgan fingerprint density at radius 2 is 1.21 bits per heavy atom. The van der Waals surface area contributed by atoms with Crippen molar-refractivity contribution >= 4 is 23.2 Å². The summed E-state index contributed by atoms with van der Waals surface area (Å²) in [4.78, 5) is 26.1. The van der Waals surface area contributed by atoms with Crippen LogP contribution in [-0.2, 0) is 6.54 Å². The first-order valence-electron chi connectivity index (χ1n) is 12.4. The van der Waals surface area contributed by atoms with Crippen molar-refractivity contribution in [2.24, 2.45) is 0 Å². The second kappa shape index (κ2) is 11.3. The Morgan fingerprint density at radius 3 is 1.92 bits per heavy atom. The summed E-state index contributed by atoms with van der Waals surface area (Å²) in [7, 11) is 0. The van der Waals surface area contributed by atoms with Gasteiger partial charge in [0.25, 0.3) is 11.8 Å². The quantitative estimate of drug-likeness (QED) is 0.217. The predicted octanol–water partition coefficient (Wildman–Crippen LogP) is 6.79. The van der Waals surface area contributed by atoms with Crippen LogP contribution < -0.4 is 16.4 Å². The molecular formula is C33H27N3O2. The fraction of sp³-hybridized carbons (Fsp3) is 0.0303. The van der Waals surface area contributed by atoms with Gasteiger partial charge < -0.3 is 16.4 Å². The van der Waals surface area contributed by atoms with E-state index in [0.717, 1.165) is 27.8 Å². The van der Waals surface area contributed by atoms with Gasteiger partial charge in [0.15, 0.2) is 0 Å². The number of amides is 2. The summed E-state index contributed by atoms with van der Waals surface area (Å²) >= 11 is 0. The Hall–Kier alpha value is -5.16. The van der Waals surface area contributed by atoms with Crippen LogP contribution >= 0.6 is 0 Å². The van der Waals surface area contributed by atoms with E-state index in [2.05, 4.69) is 22.8 Å². The third kappa shape index (κ3) is 5.79. The van der Waals surface area contributed by atoms with Gasteiger partial charge in [-0.15, -0.1) is 0 Å². The van der Waals surface area contributed by atoms with Gasteiger partial charge >= 0.3 is 0 Å². The number of rotatable bonds is 7. The molecule has 186 valence electrons. The first kappa shape index (κ1) is 24.5. The van der Waals surface area contributed by atoms with E-state index in [-0.39, 0.29) is 11.8 Å². The minimum absolute atomic E-state index is 0.273. The Morgan fingerprint density at radius 1 is 0.605 bits per heavy atom. The lowest BCUT2D eigenvalue weighted by molar-refractivity contribution is 0.0949. The Kier molecular flexibility index (Phi) is 7.27. The maximum atomic E-state index is 13.2. The average Bonchev–Trinajstić information content (AvgIpc) is 2.97. The second-order valence-electron chi connectivity index (χ2n) is 8.96. The molecule has 0 saturated carbocycles. The standard InChI is InChI=1S/C33H27N3O2/c34-28-19-27(32(37)35-22-23-15-17-25(18-16-23)24-9-3-1-4-10-24)20-29(21-28)36-33(38)31-14-8-7-13-30(31)26-11-5-2-6-12-26/h1-21H,22,34H2,(H,35,37)(H,36,38). The zero-order chi connectivity index (χ0) is 26.3. The van der Waals surface area contributed by atoms with Gasteiger partial charge in [0.1, 0.15) is 0 Å². The Labute approximate surface area is 222 Å². The molecule has 2 amide bonds. The van der Waals surface area contributed by atoms with Crippen LogP contribution in [0.15, 0.2) is 127 Å². The van der Waals surface area contributed by atoms with Crippen molar-refractivity contribution in [1.82, 2.24) is 5.32 Å². The molecule has 0 unspecified atom stereocenters. The fourth-order valence-corrected chi connectivity index (χ4v) is 4.33. The van der Waals surface area contributed by atoms with Gasteiger partial charge in [0.05, 0.1) is 0 Å². The van der Waals surface area contributed by atoms with E-state index >= 15 is 0 Å².